The lowest BCUT2D eigenvalue weighted by Crippen LogP contribution is -1.86. The fourth-order valence-corrected chi connectivity index (χ4v) is 1.54. The van der Waals surface area contributed by atoms with Gasteiger partial charge in [0.1, 0.15) is 5.75 Å². The van der Waals surface area contributed by atoms with Crippen molar-refractivity contribution in [3.05, 3.63) is 30.5 Å². The Morgan fingerprint density at radius 3 is 2.86 bits per heavy atom. The summed E-state index contributed by atoms with van der Waals surface area (Å²) in [6.07, 6.45) is 1.95. The summed E-state index contributed by atoms with van der Waals surface area (Å²) in [6.45, 7) is 1.83. The first-order valence-corrected chi connectivity index (χ1v) is 4.43. The number of aromatic nitrogens is 1. The van der Waals surface area contributed by atoms with Gasteiger partial charge in [0.25, 0.3) is 0 Å². The van der Waals surface area contributed by atoms with E-state index < -0.39 is 0 Å². The number of ether oxygens (including phenoxy) is 1. The minimum absolute atomic E-state index is 0.888. The van der Waals surface area contributed by atoms with Crippen LogP contribution in [-0.4, -0.2) is 11.7 Å². The van der Waals surface area contributed by atoms with Gasteiger partial charge in [0, 0.05) is 17.6 Å². The Bertz CT molecular complexity index is 514. The molecule has 0 saturated carbocycles. The molecule has 70 valence electrons. The van der Waals surface area contributed by atoms with Crippen molar-refractivity contribution in [2.24, 2.45) is 0 Å². The van der Waals surface area contributed by atoms with Gasteiger partial charge in [-0.05, 0) is 25.1 Å². The summed E-state index contributed by atoms with van der Waals surface area (Å²) in [5, 5.41) is 1.10. The third-order valence-electron chi connectivity index (χ3n) is 2.15. The Morgan fingerprint density at radius 2 is 2.14 bits per heavy atom. The van der Waals surface area contributed by atoms with Gasteiger partial charge in [-0.25, -0.2) is 0 Å². The number of methoxy groups -OCH3 is 1. The highest BCUT2D eigenvalue weighted by Crippen LogP contribution is 2.25. The molecule has 0 amide bonds. The molecule has 2 nitrogen and oxygen atoms in total. The largest absolute Gasteiger partial charge is 0.496 e. The maximum Gasteiger partial charge on any atom is 0.128 e. The number of fused-ring (bicyclic) bond motifs is 1. The minimum Gasteiger partial charge on any atom is -0.496 e. The zero-order valence-electron chi connectivity index (χ0n) is 8.24. The molecule has 0 saturated heterocycles. The standard InChI is InChI=1S/C12H11NO/c1-3-8-13-9-7-10-11(13)5-4-6-12(10)14-2/h4-7,9H,1-2H3. The van der Waals surface area contributed by atoms with Crippen LogP contribution in [0.5, 0.6) is 5.75 Å². The Hall–Kier alpha value is -1.88. The lowest BCUT2D eigenvalue weighted by Gasteiger charge is -2.01. The van der Waals surface area contributed by atoms with E-state index in [0.717, 1.165) is 16.7 Å². The van der Waals surface area contributed by atoms with Crippen LogP contribution in [0.1, 0.15) is 6.92 Å². The van der Waals surface area contributed by atoms with Crippen molar-refractivity contribution in [2.45, 2.75) is 6.92 Å². The Morgan fingerprint density at radius 1 is 1.29 bits per heavy atom. The molecule has 1 heterocycles. The first-order valence-electron chi connectivity index (χ1n) is 4.43. The van der Waals surface area contributed by atoms with E-state index >= 15 is 0 Å². The van der Waals surface area contributed by atoms with Crippen LogP contribution in [-0.2, 0) is 0 Å². The van der Waals surface area contributed by atoms with E-state index in [9.17, 15) is 0 Å². The van der Waals surface area contributed by atoms with Crippen molar-refractivity contribution in [3.8, 4) is 17.7 Å². The summed E-state index contributed by atoms with van der Waals surface area (Å²) in [5.74, 6) is 3.76. The molecule has 2 rings (SSSR count). The highest BCUT2D eigenvalue weighted by molar-refractivity contribution is 5.87. The van der Waals surface area contributed by atoms with Gasteiger partial charge in [-0.1, -0.05) is 12.0 Å². The first-order chi connectivity index (χ1) is 6.86. The second kappa shape index (κ2) is 3.47. The smallest absolute Gasteiger partial charge is 0.128 e. The van der Waals surface area contributed by atoms with Crippen molar-refractivity contribution in [1.82, 2.24) is 4.57 Å². The van der Waals surface area contributed by atoms with E-state index in [1.54, 1.807) is 7.11 Å². The monoisotopic (exact) mass is 185 g/mol. The molecule has 0 aliphatic rings. The van der Waals surface area contributed by atoms with Crippen LogP contribution in [0.15, 0.2) is 30.5 Å². The normalized spacial score (nSPS) is 9.57. The van der Waals surface area contributed by atoms with Crippen LogP contribution in [0, 0.1) is 12.0 Å². The first kappa shape index (κ1) is 8.71. The Balaban J connectivity index is 2.73. The number of nitrogens with zero attached hydrogens (tertiary/aromatic N) is 1. The van der Waals surface area contributed by atoms with E-state index in [2.05, 4.69) is 12.0 Å². The molecule has 1 aromatic heterocycles. The van der Waals surface area contributed by atoms with Crippen LogP contribution in [0.25, 0.3) is 10.9 Å². The summed E-state index contributed by atoms with van der Waals surface area (Å²) in [7, 11) is 1.68. The maximum absolute atomic E-state index is 5.26. The average molecular weight is 185 g/mol. The van der Waals surface area contributed by atoms with Crippen LogP contribution in [0.3, 0.4) is 0 Å². The van der Waals surface area contributed by atoms with Crippen molar-refractivity contribution in [1.29, 1.82) is 0 Å². The number of hydrogen-bond donors (Lipinski definition) is 0. The van der Waals surface area contributed by atoms with Crippen molar-refractivity contribution >= 4 is 10.9 Å². The molecule has 2 aromatic rings. The molecule has 1 aromatic carbocycles. The SMILES string of the molecule is CC#Cn1ccc2c(OC)cccc21. The van der Waals surface area contributed by atoms with E-state index in [0.29, 0.717) is 0 Å². The van der Waals surface area contributed by atoms with Crippen LogP contribution >= 0.6 is 0 Å². The van der Waals surface area contributed by atoms with Gasteiger partial charge in [0.15, 0.2) is 0 Å². The molecular formula is C12H11NO. The van der Waals surface area contributed by atoms with Gasteiger partial charge in [-0.3, -0.25) is 4.57 Å². The quantitative estimate of drug-likeness (QED) is 0.622. The van der Waals surface area contributed by atoms with Gasteiger partial charge in [-0.2, -0.15) is 0 Å². The third kappa shape index (κ3) is 1.23. The van der Waals surface area contributed by atoms with Crippen LogP contribution in [0.2, 0.25) is 0 Å². The zero-order valence-corrected chi connectivity index (χ0v) is 8.24. The zero-order chi connectivity index (χ0) is 9.97. The van der Waals surface area contributed by atoms with Gasteiger partial charge in [-0.15, -0.1) is 0 Å². The summed E-state index contributed by atoms with van der Waals surface area (Å²) >= 11 is 0. The molecule has 0 unspecified atom stereocenters. The van der Waals surface area contributed by atoms with Crippen molar-refractivity contribution in [2.75, 3.05) is 7.11 Å². The Labute approximate surface area is 83.1 Å². The van der Waals surface area contributed by atoms with Crippen LogP contribution < -0.4 is 4.74 Å². The lowest BCUT2D eigenvalue weighted by molar-refractivity contribution is 0.420. The molecule has 0 spiro atoms. The van der Waals surface area contributed by atoms with E-state index in [4.69, 9.17) is 4.74 Å². The molecule has 0 aliphatic carbocycles. The summed E-state index contributed by atoms with van der Waals surface area (Å²) in [6, 6.07) is 11.0. The molecule has 2 heteroatoms. The van der Waals surface area contributed by atoms with E-state index in [1.807, 2.05) is 42.0 Å². The highest BCUT2D eigenvalue weighted by Gasteiger charge is 2.03. The lowest BCUT2D eigenvalue weighted by atomic mass is 10.2. The maximum atomic E-state index is 5.26. The predicted octanol–water partition coefficient (Wildman–Crippen LogP) is 2.48. The topological polar surface area (TPSA) is 14.2 Å². The number of rotatable bonds is 1. The van der Waals surface area contributed by atoms with Gasteiger partial charge < -0.3 is 4.74 Å². The van der Waals surface area contributed by atoms with Crippen LogP contribution in [0.4, 0.5) is 0 Å². The predicted molar refractivity (Wildman–Crippen MR) is 57.3 cm³/mol. The second-order valence-corrected chi connectivity index (χ2v) is 2.94. The summed E-state index contributed by atoms with van der Waals surface area (Å²) in [4.78, 5) is 0. The average Bonchev–Trinajstić information content (AvgIpc) is 2.62. The highest BCUT2D eigenvalue weighted by atomic mass is 16.5. The fourth-order valence-electron chi connectivity index (χ4n) is 1.54. The van der Waals surface area contributed by atoms with Gasteiger partial charge in [0.2, 0.25) is 0 Å². The van der Waals surface area contributed by atoms with Gasteiger partial charge in [0.05, 0.1) is 12.6 Å². The second-order valence-electron chi connectivity index (χ2n) is 2.94. The minimum atomic E-state index is 0.888. The summed E-state index contributed by atoms with van der Waals surface area (Å²) < 4.78 is 7.16. The molecule has 14 heavy (non-hydrogen) atoms. The number of hydrogen-bond acceptors (Lipinski definition) is 1. The van der Waals surface area contributed by atoms with Crippen molar-refractivity contribution in [3.63, 3.8) is 0 Å². The van der Waals surface area contributed by atoms with Crippen molar-refractivity contribution < 1.29 is 4.74 Å². The van der Waals surface area contributed by atoms with E-state index in [1.165, 1.54) is 0 Å². The molecule has 0 bridgehead atoms. The molecular weight excluding hydrogens is 174 g/mol. The molecule has 0 N–H and O–H groups in total. The number of benzene rings is 1. The molecule has 0 aliphatic heterocycles. The third-order valence-corrected chi connectivity index (χ3v) is 2.15. The Kier molecular flexibility index (Phi) is 2.16. The molecule has 0 fully saturated rings. The molecule has 0 atom stereocenters. The van der Waals surface area contributed by atoms with Gasteiger partial charge >= 0.3 is 0 Å². The van der Waals surface area contributed by atoms with E-state index in [-0.39, 0.29) is 0 Å². The molecule has 0 radical (unpaired) electrons. The fraction of sp³-hybridized carbons (Fsp3) is 0.167. The summed E-state index contributed by atoms with van der Waals surface area (Å²) in [5.41, 5.74) is 1.08.